The first kappa shape index (κ1) is 19.8. The zero-order valence-electron chi connectivity index (χ0n) is 14.1. The second-order valence-corrected chi connectivity index (χ2v) is 7.71. The van der Waals surface area contributed by atoms with E-state index in [1.807, 2.05) is 19.2 Å². The Balaban J connectivity index is 1.81. The molecule has 0 atom stereocenters. The van der Waals surface area contributed by atoms with Crippen LogP contribution < -0.4 is 5.32 Å². The molecule has 1 heterocycles. The highest BCUT2D eigenvalue weighted by atomic mass is 35.5. The molecular weight excluding hydrogens is 378 g/mol. The Morgan fingerprint density at radius 3 is 2.56 bits per heavy atom. The average molecular weight is 398 g/mol. The van der Waals surface area contributed by atoms with Crippen LogP contribution in [-0.4, -0.2) is 40.5 Å². The Labute approximate surface area is 160 Å². The molecular formula is C17H20ClN3O2S2. The summed E-state index contributed by atoms with van der Waals surface area (Å²) in [4.78, 5) is 30.3. The number of amides is 2. The van der Waals surface area contributed by atoms with Crippen LogP contribution in [0.25, 0.3) is 0 Å². The van der Waals surface area contributed by atoms with Crippen molar-refractivity contribution >= 4 is 52.2 Å². The molecule has 0 saturated carbocycles. The number of thioether (sulfide) groups is 1. The van der Waals surface area contributed by atoms with E-state index in [1.54, 1.807) is 29.2 Å². The predicted molar refractivity (Wildman–Crippen MR) is 105 cm³/mol. The van der Waals surface area contributed by atoms with E-state index in [2.05, 4.69) is 10.3 Å². The number of hydrogen-bond donors (Lipinski definition) is 1. The van der Waals surface area contributed by atoms with Gasteiger partial charge in [-0.15, -0.1) is 11.3 Å². The predicted octanol–water partition coefficient (Wildman–Crippen LogP) is 3.94. The minimum Gasteiger partial charge on any atom is -0.343 e. The standard InChI is InChI=1S/C17H20ClN3O2S2/c1-3-21(4-2)16(23)9-14-10-24-17(20-14)25-11-15(22)19-13-7-5-12(18)6-8-13/h5-8,10H,3-4,9,11H2,1-2H3,(H,19,22). The van der Waals surface area contributed by atoms with Gasteiger partial charge in [0.05, 0.1) is 17.9 Å². The lowest BCUT2D eigenvalue weighted by molar-refractivity contribution is -0.130. The monoisotopic (exact) mass is 397 g/mol. The number of halogens is 1. The van der Waals surface area contributed by atoms with Crippen molar-refractivity contribution < 1.29 is 9.59 Å². The van der Waals surface area contributed by atoms with Crippen molar-refractivity contribution in [2.45, 2.75) is 24.6 Å². The second kappa shape index (κ2) is 9.79. The topological polar surface area (TPSA) is 62.3 Å². The molecule has 0 unspecified atom stereocenters. The number of aromatic nitrogens is 1. The van der Waals surface area contributed by atoms with Crippen LogP contribution >= 0.6 is 34.7 Å². The normalized spacial score (nSPS) is 10.5. The van der Waals surface area contributed by atoms with E-state index in [9.17, 15) is 9.59 Å². The fourth-order valence-electron chi connectivity index (χ4n) is 2.14. The molecule has 0 fully saturated rings. The Morgan fingerprint density at radius 1 is 1.24 bits per heavy atom. The molecule has 1 N–H and O–H groups in total. The van der Waals surface area contributed by atoms with Gasteiger partial charge in [-0.05, 0) is 38.1 Å². The molecule has 1 aromatic carbocycles. The van der Waals surface area contributed by atoms with Gasteiger partial charge in [0, 0.05) is 29.2 Å². The third-order valence-electron chi connectivity index (χ3n) is 3.43. The summed E-state index contributed by atoms with van der Waals surface area (Å²) in [5.74, 6) is 0.232. The van der Waals surface area contributed by atoms with Crippen LogP contribution in [0.3, 0.4) is 0 Å². The van der Waals surface area contributed by atoms with Crippen molar-refractivity contribution in [1.82, 2.24) is 9.88 Å². The molecule has 0 radical (unpaired) electrons. The minimum absolute atomic E-state index is 0.0762. The van der Waals surface area contributed by atoms with E-state index >= 15 is 0 Å². The van der Waals surface area contributed by atoms with Crippen molar-refractivity contribution in [3.63, 3.8) is 0 Å². The van der Waals surface area contributed by atoms with Crippen LogP contribution in [0, 0.1) is 0 Å². The van der Waals surface area contributed by atoms with E-state index in [1.165, 1.54) is 23.1 Å². The van der Waals surface area contributed by atoms with E-state index in [0.717, 1.165) is 10.0 Å². The summed E-state index contributed by atoms with van der Waals surface area (Å²) in [7, 11) is 0. The highest BCUT2D eigenvalue weighted by Crippen LogP contribution is 2.23. The molecule has 0 bridgehead atoms. The molecule has 5 nitrogen and oxygen atoms in total. The molecule has 134 valence electrons. The van der Waals surface area contributed by atoms with Crippen LogP contribution in [0.2, 0.25) is 5.02 Å². The minimum atomic E-state index is -0.108. The molecule has 0 aliphatic heterocycles. The molecule has 25 heavy (non-hydrogen) atoms. The maximum absolute atomic E-state index is 12.1. The fourth-order valence-corrected chi connectivity index (χ4v) is 3.91. The summed E-state index contributed by atoms with van der Waals surface area (Å²) >= 11 is 8.63. The molecule has 2 aromatic rings. The molecule has 0 aliphatic carbocycles. The number of carbonyl (C=O) groups excluding carboxylic acids is 2. The summed E-state index contributed by atoms with van der Waals surface area (Å²) < 4.78 is 0.786. The lowest BCUT2D eigenvalue weighted by atomic mass is 10.3. The van der Waals surface area contributed by atoms with Gasteiger partial charge in [0.1, 0.15) is 0 Å². The number of rotatable bonds is 8. The first-order valence-electron chi connectivity index (χ1n) is 7.92. The molecule has 2 amide bonds. The number of anilines is 1. The molecule has 8 heteroatoms. The van der Waals surface area contributed by atoms with Gasteiger partial charge in [-0.2, -0.15) is 0 Å². The number of benzene rings is 1. The third kappa shape index (κ3) is 6.34. The van der Waals surface area contributed by atoms with Crippen molar-refractivity contribution in [3.05, 3.63) is 40.4 Å². The van der Waals surface area contributed by atoms with Crippen LogP contribution in [0.1, 0.15) is 19.5 Å². The first-order valence-corrected chi connectivity index (χ1v) is 10.2. The third-order valence-corrected chi connectivity index (χ3v) is 5.76. The first-order chi connectivity index (χ1) is 12.0. The van der Waals surface area contributed by atoms with Gasteiger partial charge in [0.2, 0.25) is 11.8 Å². The van der Waals surface area contributed by atoms with E-state index in [-0.39, 0.29) is 17.6 Å². The maximum atomic E-state index is 12.1. The molecule has 1 aromatic heterocycles. The van der Waals surface area contributed by atoms with Crippen LogP contribution in [0.15, 0.2) is 34.0 Å². The smallest absolute Gasteiger partial charge is 0.234 e. The van der Waals surface area contributed by atoms with Gasteiger partial charge in [0.25, 0.3) is 0 Å². The average Bonchev–Trinajstić information content (AvgIpc) is 3.03. The van der Waals surface area contributed by atoms with Crippen LogP contribution in [0.4, 0.5) is 5.69 Å². The number of thiazole rings is 1. The van der Waals surface area contributed by atoms with Crippen LogP contribution in [0.5, 0.6) is 0 Å². The lowest BCUT2D eigenvalue weighted by Crippen LogP contribution is -2.31. The van der Waals surface area contributed by atoms with Crippen molar-refractivity contribution in [2.75, 3.05) is 24.2 Å². The number of nitrogens with zero attached hydrogens (tertiary/aromatic N) is 2. The SMILES string of the molecule is CCN(CC)C(=O)Cc1csc(SCC(=O)Nc2ccc(Cl)cc2)n1. The van der Waals surface area contributed by atoms with Gasteiger partial charge in [-0.3, -0.25) is 9.59 Å². The highest BCUT2D eigenvalue weighted by Gasteiger charge is 2.13. The second-order valence-electron chi connectivity index (χ2n) is 5.19. The molecule has 0 saturated heterocycles. The molecule has 0 aliphatic rings. The number of carbonyl (C=O) groups is 2. The zero-order chi connectivity index (χ0) is 18.2. The summed E-state index contributed by atoms with van der Waals surface area (Å²) in [6, 6.07) is 6.96. The van der Waals surface area contributed by atoms with Crippen molar-refractivity contribution in [1.29, 1.82) is 0 Å². The maximum Gasteiger partial charge on any atom is 0.234 e. The van der Waals surface area contributed by atoms with Gasteiger partial charge < -0.3 is 10.2 Å². The highest BCUT2D eigenvalue weighted by molar-refractivity contribution is 8.01. The number of likely N-dealkylation sites (N-methyl/N-ethyl adjacent to an activating group) is 1. The van der Waals surface area contributed by atoms with E-state index in [4.69, 9.17) is 11.6 Å². The van der Waals surface area contributed by atoms with Crippen LogP contribution in [-0.2, 0) is 16.0 Å². The Hall–Kier alpha value is -1.57. The van der Waals surface area contributed by atoms with E-state index in [0.29, 0.717) is 30.2 Å². The summed E-state index contributed by atoms with van der Waals surface area (Å²) in [6.07, 6.45) is 0.301. The van der Waals surface area contributed by atoms with Gasteiger partial charge in [-0.25, -0.2) is 4.98 Å². The summed E-state index contributed by atoms with van der Waals surface area (Å²) in [5, 5.41) is 5.31. The Bertz CT molecular complexity index is 715. The summed E-state index contributed by atoms with van der Waals surface area (Å²) in [5.41, 5.74) is 1.46. The van der Waals surface area contributed by atoms with Gasteiger partial charge in [-0.1, -0.05) is 23.4 Å². The quantitative estimate of drug-likeness (QED) is 0.685. The zero-order valence-corrected chi connectivity index (χ0v) is 16.5. The lowest BCUT2D eigenvalue weighted by Gasteiger charge is -2.17. The molecule has 0 spiro atoms. The van der Waals surface area contributed by atoms with E-state index < -0.39 is 0 Å². The largest absolute Gasteiger partial charge is 0.343 e. The number of hydrogen-bond acceptors (Lipinski definition) is 5. The van der Waals surface area contributed by atoms with Crippen molar-refractivity contribution in [3.8, 4) is 0 Å². The summed E-state index contributed by atoms with van der Waals surface area (Å²) in [6.45, 7) is 5.32. The van der Waals surface area contributed by atoms with Gasteiger partial charge in [0.15, 0.2) is 4.34 Å². The van der Waals surface area contributed by atoms with Crippen molar-refractivity contribution in [2.24, 2.45) is 0 Å². The number of nitrogens with one attached hydrogen (secondary N) is 1. The Morgan fingerprint density at radius 2 is 1.92 bits per heavy atom. The fraction of sp³-hybridized carbons (Fsp3) is 0.353. The van der Waals surface area contributed by atoms with Gasteiger partial charge >= 0.3 is 0 Å². The molecule has 2 rings (SSSR count). The Kier molecular flexibility index (Phi) is 7.74.